The van der Waals surface area contributed by atoms with Crippen molar-refractivity contribution in [2.24, 2.45) is 4.99 Å². The molecule has 0 amide bonds. The van der Waals surface area contributed by atoms with Crippen LogP contribution in [0.3, 0.4) is 0 Å². The van der Waals surface area contributed by atoms with E-state index in [-0.39, 0.29) is 18.3 Å². The number of carbonyl (C=O) groups excluding carboxylic acids is 1. The molecule has 6 nitrogen and oxygen atoms in total. The third kappa shape index (κ3) is 4.88. The largest absolute Gasteiger partial charge is 0.491 e. The number of allylic oxidation sites excluding steroid dienone is 1. The van der Waals surface area contributed by atoms with Crippen LogP contribution >= 0.6 is 33.9 Å². The molecule has 1 aliphatic heterocycles. The second-order valence-corrected chi connectivity index (χ2v) is 10.3. The smallest absolute Gasteiger partial charge is 0.338 e. The lowest BCUT2D eigenvalue weighted by molar-refractivity contribution is -0.139. The number of esters is 1. The molecule has 4 rings (SSSR count). The molecular weight excluding hydrogens is 563 g/mol. The highest BCUT2D eigenvalue weighted by Gasteiger charge is 2.35. The Balaban J connectivity index is 1.97. The average Bonchev–Trinajstić information content (AvgIpc) is 3.09. The van der Waals surface area contributed by atoms with Crippen LogP contribution in [0.5, 0.6) is 5.75 Å². The van der Waals surface area contributed by atoms with Gasteiger partial charge in [0.15, 0.2) is 4.80 Å². The second-order valence-electron chi connectivity index (χ2n) is 8.06. The first-order valence-corrected chi connectivity index (χ1v) is 12.9. The minimum absolute atomic E-state index is 0.0750. The van der Waals surface area contributed by atoms with E-state index in [4.69, 9.17) is 9.47 Å². The van der Waals surface area contributed by atoms with Gasteiger partial charge in [0.1, 0.15) is 11.8 Å². The van der Waals surface area contributed by atoms with Crippen LogP contribution in [0.2, 0.25) is 0 Å². The van der Waals surface area contributed by atoms with Gasteiger partial charge < -0.3 is 9.47 Å². The van der Waals surface area contributed by atoms with Gasteiger partial charge in [-0.3, -0.25) is 9.36 Å². The third-order valence-electron chi connectivity index (χ3n) is 5.26. The molecule has 0 spiro atoms. The minimum atomic E-state index is -0.705. The zero-order valence-corrected chi connectivity index (χ0v) is 22.3. The van der Waals surface area contributed by atoms with E-state index in [1.54, 1.807) is 18.4 Å². The average molecular weight is 588 g/mol. The molecule has 176 valence electrons. The lowest BCUT2D eigenvalue weighted by Crippen LogP contribution is -2.40. The number of carbonyl (C=O) groups is 1. The van der Waals surface area contributed by atoms with Crippen molar-refractivity contribution in [3.63, 3.8) is 0 Å². The van der Waals surface area contributed by atoms with E-state index in [1.165, 1.54) is 11.3 Å². The minimum Gasteiger partial charge on any atom is -0.491 e. The Morgan fingerprint density at radius 1 is 1.21 bits per heavy atom. The summed E-state index contributed by atoms with van der Waals surface area (Å²) >= 11 is 3.56. The molecule has 0 radical (unpaired) electrons. The summed E-state index contributed by atoms with van der Waals surface area (Å²) in [6, 6.07) is 14.7. The molecule has 34 heavy (non-hydrogen) atoms. The second kappa shape index (κ2) is 10.3. The summed E-state index contributed by atoms with van der Waals surface area (Å²) in [6.07, 6.45) is 1.78. The fraction of sp³-hybridized carbons (Fsp3) is 0.269. The Morgan fingerprint density at radius 3 is 2.59 bits per heavy atom. The predicted octanol–water partition coefficient (Wildman–Crippen LogP) is 4.19. The summed E-state index contributed by atoms with van der Waals surface area (Å²) in [5.41, 5.74) is 2.31. The quantitative estimate of drug-likeness (QED) is 0.320. The number of ether oxygens (including phenoxy) is 2. The van der Waals surface area contributed by atoms with Crippen molar-refractivity contribution in [2.75, 3.05) is 6.61 Å². The van der Waals surface area contributed by atoms with E-state index < -0.39 is 12.0 Å². The van der Waals surface area contributed by atoms with Gasteiger partial charge in [-0.05, 0) is 80.1 Å². The Hall–Kier alpha value is -2.72. The molecule has 0 saturated carbocycles. The molecule has 0 aliphatic carbocycles. The summed E-state index contributed by atoms with van der Waals surface area (Å²) in [7, 11) is 0. The fourth-order valence-corrected chi connectivity index (χ4v) is 5.27. The number of hydrogen-bond donors (Lipinski definition) is 0. The van der Waals surface area contributed by atoms with Crippen LogP contribution in [0, 0.1) is 3.57 Å². The van der Waals surface area contributed by atoms with Crippen LogP contribution in [0.25, 0.3) is 6.08 Å². The molecule has 8 heteroatoms. The zero-order valence-electron chi connectivity index (χ0n) is 19.4. The lowest BCUT2D eigenvalue weighted by Gasteiger charge is -2.26. The molecule has 1 aromatic heterocycles. The monoisotopic (exact) mass is 588 g/mol. The molecule has 1 atom stereocenters. The molecule has 0 saturated heterocycles. The van der Waals surface area contributed by atoms with Crippen LogP contribution in [0.15, 0.2) is 69.6 Å². The molecule has 3 aromatic rings. The molecule has 0 unspecified atom stereocenters. The summed E-state index contributed by atoms with van der Waals surface area (Å²) < 4.78 is 14.7. The SMILES string of the molecule is CCOC(=O)C1=C(C)N=c2s/c(=C/c3ccc(I)cc3)c(=O)n2[C@@H]1c1ccccc1OC(C)C. The van der Waals surface area contributed by atoms with E-state index in [0.717, 1.165) is 14.7 Å². The summed E-state index contributed by atoms with van der Waals surface area (Å²) in [5.74, 6) is 0.131. The lowest BCUT2D eigenvalue weighted by atomic mass is 9.95. The first kappa shape index (κ1) is 24.4. The molecule has 0 bridgehead atoms. The Morgan fingerprint density at radius 2 is 1.91 bits per heavy atom. The van der Waals surface area contributed by atoms with E-state index in [2.05, 4.69) is 27.6 Å². The number of rotatable bonds is 6. The number of para-hydroxylation sites is 1. The normalized spacial score (nSPS) is 15.8. The van der Waals surface area contributed by atoms with Gasteiger partial charge >= 0.3 is 5.97 Å². The van der Waals surface area contributed by atoms with Crippen molar-refractivity contribution in [3.05, 3.63) is 94.2 Å². The maximum absolute atomic E-state index is 13.7. The molecule has 0 fully saturated rings. The van der Waals surface area contributed by atoms with Crippen LogP contribution in [-0.4, -0.2) is 23.2 Å². The van der Waals surface area contributed by atoms with Gasteiger partial charge in [-0.2, -0.15) is 0 Å². The molecule has 2 heterocycles. The molecule has 0 N–H and O–H groups in total. The standard InChI is InChI=1S/C26H25IN2O4S/c1-5-32-25(31)22-16(4)28-26-29(23(22)19-8-6-7-9-20(19)33-15(2)3)24(30)21(34-26)14-17-10-12-18(27)13-11-17/h6-15,23H,5H2,1-4H3/b21-14+/t23-/m1/s1. The number of halogens is 1. The van der Waals surface area contributed by atoms with Gasteiger partial charge in [0.2, 0.25) is 0 Å². The van der Waals surface area contributed by atoms with Gasteiger partial charge in [0.25, 0.3) is 5.56 Å². The van der Waals surface area contributed by atoms with Gasteiger partial charge in [-0.15, -0.1) is 0 Å². The Kier molecular flexibility index (Phi) is 7.37. The number of hydrogen-bond acceptors (Lipinski definition) is 6. The number of fused-ring (bicyclic) bond motifs is 1. The van der Waals surface area contributed by atoms with Gasteiger partial charge in [0.05, 0.1) is 28.5 Å². The van der Waals surface area contributed by atoms with Gasteiger partial charge in [0, 0.05) is 9.13 Å². The summed E-state index contributed by atoms with van der Waals surface area (Å²) in [6.45, 7) is 7.65. The van der Waals surface area contributed by atoms with Crippen molar-refractivity contribution in [1.29, 1.82) is 0 Å². The molecular formula is C26H25IN2O4S. The third-order valence-corrected chi connectivity index (χ3v) is 6.96. The maximum atomic E-state index is 13.7. The van der Waals surface area contributed by atoms with Gasteiger partial charge in [-0.25, -0.2) is 9.79 Å². The van der Waals surface area contributed by atoms with Crippen LogP contribution in [0.1, 0.15) is 44.9 Å². The maximum Gasteiger partial charge on any atom is 0.338 e. The highest BCUT2D eigenvalue weighted by atomic mass is 127. The first-order valence-electron chi connectivity index (χ1n) is 11.0. The van der Waals surface area contributed by atoms with Crippen molar-refractivity contribution < 1.29 is 14.3 Å². The van der Waals surface area contributed by atoms with E-state index >= 15 is 0 Å². The van der Waals surface area contributed by atoms with Crippen LogP contribution < -0.4 is 19.6 Å². The topological polar surface area (TPSA) is 69.9 Å². The van der Waals surface area contributed by atoms with Crippen LogP contribution in [0.4, 0.5) is 0 Å². The first-order chi connectivity index (χ1) is 16.3. The summed E-state index contributed by atoms with van der Waals surface area (Å²) in [4.78, 5) is 31.9. The number of benzene rings is 2. The Bertz CT molecular complexity index is 1430. The van der Waals surface area contributed by atoms with Crippen LogP contribution in [-0.2, 0) is 9.53 Å². The van der Waals surface area contributed by atoms with Gasteiger partial charge in [-0.1, -0.05) is 41.7 Å². The number of thiazole rings is 1. The van der Waals surface area contributed by atoms with Crippen molar-refractivity contribution in [2.45, 2.75) is 39.8 Å². The fourth-order valence-electron chi connectivity index (χ4n) is 3.86. The highest BCUT2D eigenvalue weighted by molar-refractivity contribution is 14.1. The number of nitrogens with zero attached hydrogens (tertiary/aromatic N) is 2. The predicted molar refractivity (Wildman–Crippen MR) is 142 cm³/mol. The molecule has 2 aromatic carbocycles. The van der Waals surface area contributed by atoms with Crippen molar-refractivity contribution >= 4 is 46.0 Å². The molecule has 1 aliphatic rings. The van der Waals surface area contributed by atoms with E-state index in [1.807, 2.05) is 68.5 Å². The van der Waals surface area contributed by atoms with E-state index in [0.29, 0.717) is 26.4 Å². The zero-order chi connectivity index (χ0) is 24.4. The Labute approximate surface area is 215 Å². The summed E-state index contributed by atoms with van der Waals surface area (Å²) in [5, 5.41) is 0. The van der Waals surface area contributed by atoms with Crippen molar-refractivity contribution in [3.8, 4) is 5.75 Å². The number of aromatic nitrogens is 1. The van der Waals surface area contributed by atoms with Crippen molar-refractivity contribution in [1.82, 2.24) is 4.57 Å². The highest BCUT2D eigenvalue weighted by Crippen LogP contribution is 2.36. The van der Waals surface area contributed by atoms with E-state index in [9.17, 15) is 9.59 Å².